The molecule has 1 N–H and O–H groups in total. The molecule has 5 nitrogen and oxygen atoms in total. The number of non-ortho nitro benzene ring substituents is 1. The van der Waals surface area contributed by atoms with Gasteiger partial charge in [0.05, 0.1) is 4.92 Å². The van der Waals surface area contributed by atoms with Crippen LogP contribution in [0.5, 0.6) is 0 Å². The predicted octanol–water partition coefficient (Wildman–Crippen LogP) is 3.65. The van der Waals surface area contributed by atoms with E-state index in [-0.39, 0.29) is 10.6 Å². The Morgan fingerprint density at radius 3 is 2.70 bits per heavy atom. The van der Waals surface area contributed by atoms with Crippen LogP contribution in [0.3, 0.4) is 0 Å². The van der Waals surface area contributed by atoms with Gasteiger partial charge in [0.2, 0.25) is 0 Å². The fraction of sp³-hybridized carbons (Fsp3) is 0.600. The maximum Gasteiger partial charge on any atom is 0.273 e. The third-order valence-corrected chi connectivity index (χ3v) is 4.27. The lowest BCUT2D eigenvalue weighted by Crippen LogP contribution is -2.35. The van der Waals surface area contributed by atoms with Crippen LogP contribution in [-0.4, -0.2) is 25.1 Å². The number of hydrogen-bond acceptors (Lipinski definition) is 4. The van der Waals surface area contributed by atoms with E-state index in [2.05, 4.69) is 17.1 Å². The molecule has 0 aliphatic heterocycles. The molecule has 0 aromatic heterocycles. The zero-order chi connectivity index (χ0) is 14.7. The van der Waals surface area contributed by atoms with Gasteiger partial charge in [-0.05, 0) is 24.8 Å². The van der Waals surface area contributed by atoms with Gasteiger partial charge >= 0.3 is 0 Å². The predicted molar refractivity (Wildman–Crippen MR) is 82.5 cm³/mol. The summed E-state index contributed by atoms with van der Waals surface area (Å²) in [5.74, 6) is 0.735. The Morgan fingerprint density at radius 1 is 1.35 bits per heavy atom. The van der Waals surface area contributed by atoms with Crippen molar-refractivity contribution in [2.24, 2.45) is 5.92 Å². The lowest BCUT2D eigenvalue weighted by atomic mass is 9.86. The maximum atomic E-state index is 11.0. The highest BCUT2D eigenvalue weighted by molar-refractivity contribution is 5.64. The van der Waals surface area contributed by atoms with Crippen LogP contribution >= 0.6 is 0 Å². The highest BCUT2D eigenvalue weighted by Gasteiger charge is 2.23. The first-order valence-electron chi connectivity index (χ1n) is 7.21. The molecule has 1 aliphatic rings. The molecule has 2 atom stereocenters. The normalized spacial score (nSPS) is 22.4. The standard InChI is InChI=1S/C15H23N3O2/c1-11-5-4-6-13(7-11)17(3)14-8-12(16-2)9-15(10-14)18(19)20/h8-11,13,16H,4-7H2,1-3H3. The van der Waals surface area contributed by atoms with Crippen molar-refractivity contribution >= 4 is 17.1 Å². The fourth-order valence-corrected chi connectivity index (χ4v) is 3.01. The smallest absolute Gasteiger partial charge is 0.273 e. The molecule has 1 aromatic rings. The number of hydrogen-bond donors (Lipinski definition) is 1. The first-order valence-corrected chi connectivity index (χ1v) is 7.21. The van der Waals surface area contributed by atoms with E-state index in [4.69, 9.17) is 0 Å². The Kier molecular flexibility index (Phi) is 4.47. The van der Waals surface area contributed by atoms with Crippen molar-refractivity contribution in [3.05, 3.63) is 28.3 Å². The Morgan fingerprint density at radius 2 is 2.10 bits per heavy atom. The molecule has 1 aromatic carbocycles. The number of benzene rings is 1. The summed E-state index contributed by atoms with van der Waals surface area (Å²) in [7, 11) is 3.83. The first-order chi connectivity index (χ1) is 9.51. The molecular formula is C15H23N3O2. The summed E-state index contributed by atoms with van der Waals surface area (Å²) in [6.45, 7) is 2.28. The van der Waals surface area contributed by atoms with Crippen LogP contribution in [0.15, 0.2) is 18.2 Å². The van der Waals surface area contributed by atoms with Crippen molar-refractivity contribution in [2.45, 2.75) is 38.6 Å². The number of nitro groups is 1. The molecule has 1 fully saturated rings. The summed E-state index contributed by atoms with van der Waals surface area (Å²) in [5.41, 5.74) is 1.84. The van der Waals surface area contributed by atoms with Gasteiger partial charge in [-0.25, -0.2) is 0 Å². The zero-order valence-electron chi connectivity index (χ0n) is 12.4. The molecule has 0 amide bonds. The van der Waals surface area contributed by atoms with E-state index < -0.39 is 0 Å². The van der Waals surface area contributed by atoms with Gasteiger partial charge in [0.25, 0.3) is 5.69 Å². The van der Waals surface area contributed by atoms with Gasteiger partial charge < -0.3 is 10.2 Å². The molecule has 0 radical (unpaired) electrons. The lowest BCUT2D eigenvalue weighted by molar-refractivity contribution is -0.384. The molecule has 20 heavy (non-hydrogen) atoms. The van der Waals surface area contributed by atoms with Crippen LogP contribution in [-0.2, 0) is 0 Å². The minimum atomic E-state index is -0.332. The molecule has 2 unspecified atom stereocenters. The Labute approximate surface area is 120 Å². The molecule has 1 aliphatic carbocycles. The Bertz CT molecular complexity index is 490. The lowest BCUT2D eigenvalue weighted by Gasteiger charge is -2.35. The van der Waals surface area contributed by atoms with Crippen molar-refractivity contribution in [1.29, 1.82) is 0 Å². The summed E-state index contributed by atoms with van der Waals surface area (Å²) in [4.78, 5) is 12.9. The van der Waals surface area contributed by atoms with Crippen LogP contribution in [0.25, 0.3) is 0 Å². The summed E-state index contributed by atoms with van der Waals surface area (Å²) in [6.07, 6.45) is 4.86. The number of anilines is 2. The second kappa shape index (κ2) is 6.11. The summed E-state index contributed by atoms with van der Waals surface area (Å²) in [5, 5.41) is 14.0. The van der Waals surface area contributed by atoms with E-state index >= 15 is 0 Å². The van der Waals surface area contributed by atoms with E-state index in [0.29, 0.717) is 6.04 Å². The molecule has 1 saturated carbocycles. The Balaban J connectivity index is 2.26. The molecule has 2 rings (SSSR count). The summed E-state index contributed by atoms with van der Waals surface area (Å²) >= 11 is 0. The van der Waals surface area contributed by atoms with E-state index in [1.54, 1.807) is 19.2 Å². The van der Waals surface area contributed by atoms with E-state index in [1.807, 2.05) is 13.1 Å². The fourth-order valence-electron chi connectivity index (χ4n) is 3.01. The zero-order valence-corrected chi connectivity index (χ0v) is 12.4. The van der Waals surface area contributed by atoms with E-state index in [0.717, 1.165) is 23.7 Å². The van der Waals surface area contributed by atoms with Gasteiger partial charge in [-0.15, -0.1) is 0 Å². The van der Waals surface area contributed by atoms with Gasteiger partial charge in [0.15, 0.2) is 0 Å². The third kappa shape index (κ3) is 3.21. The SMILES string of the molecule is CNc1cc(N(C)C2CCCC(C)C2)cc([N+](=O)[O-])c1. The summed E-state index contributed by atoms with van der Waals surface area (Å²) < 4.78 is 0. The number of nitrogens with zero attached hydrogens (tertiary/aromatic N) is 2. The quantitative estimate of drug-likeness (QED) is 0.674. The van der Waals surface area contributed by atoms with Gasteiger partial charge in [0.1, 0.15) is 0 Å². The van der Waals surface area contributed by atoms with E-state index in [1.165, 1.54) is 19.3 Å². The Hall–Kier alpha value is -1.78. The molecule has 0 saturated heterocycles. The van der Waals surface area contributed by atoms with Crippen molar-refractivity contribution in [1.82, 2.24) is 0 Å². The van der Waals surface area contributed by atoms with Gasteiger partial charge in [-0.3, -0.25) is 10.1 Å². The minimum Gasteiger partial charge on any atom is -0.388 e. The second-order valence-electron chi connectivity index (χ2n) is 5.78. The van der Waals surface area contributed by atoms with Crippen molar-refractivity contribution in [3.8, 4) is 0 Å². The van der Waals surface area contributed by atoms with Gasteiger partial charge in [-0.1, -0.05) is 19.8 Å². The van der Waals surface area contributed by atoms with Crippen LogP contribution in [0.2, 0.25) is 0 Å². The van der Waals surface area contributed by atoms with Crippen molar-refractivity contribution in [3.63, 3.8) is 0 Å². The number of rotatable bonds is 4. The van der Waals surface area contributed by atoms with Gasteiger partial charge in [0, 0.05) is 43.6 Å². The number of nitro benzene ring substituents is 1. The van der Waals surface area contributed by atoms with Gasteiger partial charge in [-0.2, -0.15) is 0 Å². The highest BCUT2D eigenvalue weighted by atomic mass is 16.6. The molecular weight excluding hydrogens is 254 g/mol. The molecule has 0 heterocycles. The van der Waals surface area contributed by atoms with Crippen LogP contribution in [0.1, 0.15) is 32.6 Å². The van der Waals surface area contributed by atoms with Crippen LogP contribution < -0.4 is 10.2 Å². The second-order valence-corrected chi connectivity index (χ2v) is 5.78. The maximum absolute atomic E-state index is 11.0. The van der Waals surface area contributed by atoms with Crippen molar-refractivity contribution in [2.75, 3.05) is 24.3 Å². The van der Waals surface area contributed by atoms with Crippen molar-refractivity contribution < 1.29 is 4.92 Å². The first kappa shape index (κ1) is 14.6. The highest BCUT2D eigenvalue weighted by Crippen LogP contribution is 2.32. The minimum absolute atomic E-state index is 0.141. The molecule has 0 spiro atoms. The van der Waals surface area contributed by atoms with Crippen LogP contribution in [0, 0.1) is 16.0 Å². The largest absolute Gasteiger partial charge is 0.388 e. The van der Waals surface area contributed by atoms with E-state index in [9.17, 15) is 10.1 Å². The summed E-state index contributed by atoms with van der Waals surface area (Å²) in [6, 6.07) is 5.69. The third-order valence-electron chi connectivity index (χ3n) is 4.27. The number of nitrogens with one attached hydrogen (secondary N) is 1. The molecule has 0 bridgehead atoms. The average Bonchev–Trinajstić information content (AvgIpc) is 2.45. The molecule has 5 heteroatoms. The monoisotopic (exact) mass is 277 g/mol. The molecule has 110 valence electrons. The average molecular weight is 277 g/mol. The topological polar surface area (TPSA) is 58.4 Å². The van der Waals surface area contributed by atoms with Crippen LogP contribution in [0.4, 0.5) is 17.1 Å².